The molecule has 0 spiro atoms. The molecule has 0 saturated carbocycles. The topological polar surface area (TPSA) is 55.0 Å². The first-order valence-electron chi connectivity index (χ1n) is 4.86. The van der Waals surface area contributed by atoms with Gasteiger partial charge in [-0.3, -0.25) is 0 Å². The van der Waals surface area contributed by atoms with Crippen molar-refractivity contribution in [3.8, 4) is 0 Å². The molecule has 0 aromatic carbocycles. The van der Waals surface area contributed by atoms with E-state index < -0.39 is 0 Å². The molecule has 0 unspecified atom stereocenters. The van der Waals surface area contributed by atoms with Crippen LogP contribution in [-0.2, 0) is 0 Å². The Kier molecular flexibility index (Phi) is 2.90. The molecule has 1 aromatic rings. The van der Waals surface area contributed by atoms with Crippen molar-refractivity contribution in [2.24, 2.45) is 0 Å². The standard InChI is InChI=1S/C10H13BrN4/c1-7-2-4-15(5-3-7)10-13-8(11)6-9(12)14-10/h2,6H,3-5H2,1H3,(H2,12,13,14). The predicted octanol–water partition coefficient (Wildman–Crippen LogP) is 1.98. The van der Waals surface area contributed by atoms with Crippen LogP contribution in [0.1, 0.15) is 13.3 Å². The molecule has 1 aliphatic rings. The summed E-state index contributed by atoms with van der Waals surface area (Å²) >= 11 is 3.32. The van der Waals surface area contributed by atoms with Gasteiger partial charge in [0.05, 0.1) is 0 Å². The van der Waals surface area contributed by atoms with E-state index >= 15 is 0 Å². The van der Waals surface area contributed by atoms with E-state index in [4.69, 9.17) is 5.73 Å². The summed E-state index contributed by atoms with van der Waals surface area (Å²) in [6.45, 7) is 3.97. The molecule has 0 atom stereocenters. The van der Waals surface area contributed by atoms with Gasteiger partial charge < -0.3 is 10.6 Å². The molecule has 0 bridgehead atoms. The Bertz CT molecular complexity index is 382. The van der Waals surface area contributed by atoms with Crippen molar-refractivity contribution in [2.75, 3.05) is 23.7 Å². The molecule has 2 N–H and O–H groups in total. The summed E-state index contributed by atoms with van der Waals surface area (Å²) in [5.41, 5.74) is 7.10. The van der Waals surface area contributed by atoms with Crippen molar-refractivity contribution in [3.05, 3.63) is 22.3 Å². The number of hydrogen-bond donors (Lipinski definition) is 1. The van der Waals surface area contributed by atoms with Crippen LogP contribution in [0.15, 0.2) is 22.3 Å². The van der Waals surface area contributed by atoms with Crippen LogP contribution in [0.5, 0.6) is 0 Å². The molecule has 2 rings (SSSR count). The van der Waals surface area contributed by atoms with Crippen molar-refractivity contribution in [1.29, 1.82) is 0 Å². The van der Waals surface area contributed by atoms with Crippen LogP contribution >= 0.6 is 15.9 Å². The molecule has 1 aromatic heterocycles. The second-order valence-corrected chi connectivity index (χ2v) is 4.47. The maximum atomic E-state index is 5.67. The molecule has 15 heavy (non-hydrogen) atoms. The van der Waals surface area contributed by atoms with Gasteiger partial charge in [-0.05, 0) is 29.3 Å². The fourth-order valence-corrected chi connectivity index (χ4v) is 1.91. The lowest BCUT2D eigenvalue weighted by molar-refractivity contribution is 0.759. The Morgan fingerprint density at radius 3 is 2.87 bits per heavy atom. The van der Waals surface area contributed by atoms with Crippen LogP contribution in [0.25, 0.3) is 0 Å². The largest absolute Gasteiger partial charge is 0.383 e. The Morgan fingerprint density at radius 2 is 2.27 bits per heavy atom. The average Bonchev–Trinajstić information content (AvgIpc) is 2.17. The summed E-state index contributed by atoms with van der Waals surface area (Å²) in [5, 5.41) is 0. The van der Waals surface area contributed by atoms with E-state index in [0.717, 1.165) is 24.1 Å². The molecule has 4 nitrogen and oxygen atoms in total. The van der Waals surface area contributed by atoms with Gasteiger partial charge in [-0.25, -0.2) is 4.98 Å². The first-order valence-corrected chi connectivity index (χ1v) is 5.65. The minimum absolute atomic E-state index is 0.498. The SMILES string of the molecule is CC1=CCN(c2nc(N)cc(Br)n2)CC1. The zero-order valence-electron chi connectivity index (χ0n) is 8.57. The molecule has 0 amide bonds. The molecular weight excluding hydrogens is 256 g/mol. The predicted molar refractivity (Wildman–Crippen MR) is 64.7 cm³/mol. The summed E-state index contributed by atoms with van der Waals surface area (Å²) in [6.07, 6.45) is 3.26. The fourth-order valence-electron chi connectivity index (χ4n) is 1.52. The van der Waals surface area contributed by atoms with Crippen molar-refractivity contribution in [1.82, 2.24) is 9.97 Å². The molecule has 80 valence electrons. The normalized spacial score (nSPS) is 16.4. The summed E-state index contributed by atoms with van der Waals surface area (Å²) in [5.74, 6) is 1.20. The van der Waals surface area contributed by atoms with E-state index in [2.05, 4.69) is 43.8 Å². The molecule has 5 heteroatoms. The van der Waals surface area contributed by atoms with Crippen LogP contribution in [0.3, 0.4) is 0 Å². The van der Waals surface area contributed by atoms with E-state index in [1.807, 2.05) is 0 Å². The molecule has 0 radical (unpaired) electrons. The quantitative estimate of drug-likeness (QED) is 0.625. The minimum Gasteiger partial charge on any atom is -0.383 e. The van der Waals surface area contributed by atoms with Crippen LogP contribution in [0, 0.1) is 0 Å². The second kappa shape index (κ2) is 4.18. The van der Waals surface area contributed by atoms with Gasteiger partial charge in [0.1, 0.15) is 10.4 Å². The highest BCUT2D eigenvalue weighted by atomic mass is 79.9. The number of aromatic nitrogens is 2. The second-order valence-electron chi connectivity index (χ2n) is 3.66. The van der Waals surface area contributed by atoms with E-state index in [1.54, 1.807) is 6.07 Å². The van der Waals surface area contributed by atoms with E-state index in [0.29, 0.717) is 11.8 Å². The lowest BCUT2D eigenvalue weighted by Crippen LogP contribution is -2.30. The van der Waals surface area contributed by atoms with Crippen LogP contribution in [-0.4, -0.2) is 23.1 Å². The highest BCUT2D eigenvalue weighted by Crippen LogP contribution is 2.19. The van der Waals surface area contributed by atoms with Gasteiger partial charge in [0.25, 0.3) is 0 Å². The highest BCUT2D eigenvalue weighted by Gasteiger charge is 2.13. The van der Waals surface area contributed by atoms with Gasteiger partial charge in [-0.15, -0.1) is 0 Å². The highest BCUT2D eigenvalue weighted by molar-refractivity contribution is 9.10. The maximum Gasteiger partial charge on any atom is 0.228 e. The van der Waals surface area contributed by atoms with Gasteiger partial charge in [0.15, 0.2) is 0 Å². The van der Waals surface area contributed by atoms with Gasteiger partial charge >= 0.3 is 0 Å². The molecular formula is C10H13BrN4. The monoisotopic (exact) mass is 268 g/mol. The zero-order chi connectivity index (χ0) is 10.8. The number of hydrogen-bond acceptors (Lipinski definition) is 4. The van der Waals surface area contributed by atoms with Crippen molar-refractivity contribution >= 4 is 27.7 Å². The Hall–Kier alpha value is -1.10. The number of nitrogen functional groups attached to an aromatic ring is 1. The summed E-state index contributed by atoms with van der Waals surface area (Å²) in [4.78, 5) is 10.6. The number of rotatable bonds is 1. The van der Waals surface area contributed by atoms with E-state index in [-0.39, 0.29) is 0 Å². The summed E-state index contributed by atoms with van der Waals surface area (Å²) in [6, 6.07) is 1.70. The van der Waals surface area contributed by atoms with Crippen molar-refractivity contribution in [3.63, 3.8) is 0 Å². The van der Waals surface area contributed by atoms with E-state index in [9.17, 15) is 0 Å². The van der Waals surface area contributed by atoms with Crippen LogP contribution in [0.4, 0.5) is 11.8 Å². The maximum absolute atomic E-state index is 5.67. The first-order chi connectivity index (χ1) is 7.15. The smallest absolute Gasteiger partial charge is 0.228 e. The summed E-state index contributed by atoms with van der Waals surface area (Å²) < 4.78 is 0.733. The van der Waals surface area contributed by atoms with Crippen LogP contribution < -0.4 is 10.6 Å². The van der Waals surface area contributed by atoms with Gasteiger partial charge in [0.2, 0.25) is 5.95 Å². The number of nitrogens with two attached hydrogens (primary N) is 1. The Morgan fingerprint density at radius 1 is 1.47 bits per heavy atom. The fraction of sp³-hybridized carbons (Fsp3) is 0.400. The van der Waals surface area contributed by atoms with E-state index in [1.165, 1.54) is 5.57 Å². The lowest BCUT2D eigenvalue weighted by atomic mass is 10.1. The minimum atomic E-state index is 0.498. The summed E-state index contributed by atoms with van der Waals surface area (Å²) in [7, 11) is 0. The molecule has 2 heterocycles. The van der Waals surface area contributed by atoms with Crippen LogP contribution in [0.2, 0.25) is 0 Å². The third-order valence-electron chi connectivity index (χ3n) is 2.42. The van der Waals surface area contributed by atoms with Crippen molar-refractivity contribution in [2.45, 2.75) is 13.3 Å². The lowest BCUT2D eigenvalue weighted by Gasteiger charge is -2.25. The molecule has 0 aliphatic carbocycles. The zero-order valence-corrected chi connectivity index (χ0v) is 10.2. The molecule has 0 fully saturated rings. The number of nitrogens with zero attached hydrogens (tertiary/aromatic N) is 3. The number of anilines is 2. The van der Waals surface area contributed by atoms with Gasteiger partial charge in [0, 0.05) is 19.2 Å². The third-order valence-corrected chi connectivity index (χ3v) is 2.83. The average molecular weight is 269 g/mol. The van der Waals surface area contributed by atoms with Crippen molar-refractivity contribution < 1.29 is 0 Å². The van der Waals surface area contributed by atoms with Gasteiger partial charge in [-0.2, -0.15) is 4.98 Å². The third kappa shape index (κ3) is 2.47. The number of halogens is 1. The molecule has 0 saturated heterocycles. The Balaban J connectivity index is 2.23. The Labute approximate surface area is 97.3 Å². The molecule has 1 aliphatic heterocycles. The van der Waals surface area contributed by atoms with Gasteiger partial charge in [-0.1, -0.05) is 11.6 Å². The first kappa shape index (κ1) is 10.4.